The molecule has 0 bridgehead atoms. The van der Waals surface area contributed by atoms with Gasteiger partial charge in [-0.25, -0.2) is 0 Å². The van der Waals surface area contributed by atoms with E-state index in [-0.39, 0.29) is 79.7 Å². The average molecular weight is 337 g/mol. The van der Waals surface area contributed by atoms with Gasteiger partial charge in [0.05, 0.1) is 0 Å². The zero-order chi connectivity index (χ0) is 0. The first-order valence-corrected chi connectivity index (χ1v) is 0. The molecule has 0 saturated heterocycles. The first kappa shape index (κ1) is 31.0. The summed E-state index contributed by atoms with van der Waals surface area (Å²) in [7, 11) is 0. The van der Waals surface area contributed by atoms with Crippen LogP contribution in [0.4, 0.5) is 0 Å². The summed E-state index contributed by atoms with van der Waals surface area (Å²) in [5.74, 6) is 0. The molecule has 4 heavy (non-hydrogen) atoms. The van der Waals surface area contributed by atoms with Crippen LogP contribution in [0.1, 0.15) is 0 Å². The zero-order valence-corrected chi connectivity index (χ0v) is 12.2. The quantitative estimate of drug-likeness (QED) is 0.510. The van der Waals surface area contributed by atoms with Gasteiger partial charge in [-0.2, -0.15) is 0 Å². The van der Waals surface area contributed by atoms with Gasteiger partial charge in [-0.3, -0.25) is 0 Å². The van der Waals surface area contributed by atoms with Crippen LogP contribution in [0.25, 0.3) is 0 Å². The van der Waals surface area contributed by atoms with Crippen molar-refractivity contribution in [3.8, 4) is 0 Å². The molecule has 4 radical (unpaired) electrons. The molecule has 16 valence electrons. The Kier molecular flexibility index (Phi) is 137. The topological polar surface area (TPSA) is 0 Å². The van der Waals surface area contributed by atoms with Gasteiger partial charge < -0.3 is 0 Å². The van der Waals surface area contributed by atoms with Gasteiger partial charge in [0.1, 0.15) is 0 Å². The molecule has 0 nitrogen and oxygen atoms in total. The summed E-state index contributed by atoms with van der Waals surface area (Å²) in [5.41, 5.74) is 0. The van der Waals surface area contributed by atoms with Crippen molar-refractivity contribution in [3.63, 3.8) is 0 Å². The predicted molar refractivity (Wildman–Crippen MR) is 11.5 cm³/mol. The van der Waals surface area contributed by atoms with Crippen molar-refractivity contribution in [3.05, 3.63) is 0 Å². The van der Waals surface area contributed by atoms with Crippen LogP contribution in [-0.4, -0.2) is 40.7 Å². The van der Waals surface area contributed by atoms with E-state index in [1.54, 1.807) is 0 Å². The third-order valence-corrected chi connectivity index (χ3v) is 0. The molecule has 0 N–H and O–H groups in total. The van der Waals surface area contributed by atoms with E-state index in [9.17, 15) is 0 Å². The van der Waals surface area contributed by atoms with E-state index in [1.165, 1.54) is 0 Å². The van der Waals surface area contributed by atoms with Gasteiger partial charge >= 0.3 is 0 Å². The summed E-state index contributed by atoms with van der Waals surface area (Å²) < 4.78 is 0. The number of rotatable bonds is 0. The second-order valence-corrected chi connectivity index (χ2v) is 0. The van der Waals surface area contributed by atoms with E-state index in [0.717, 1.165) is 0 Å². The van der Waals surface area contributed by atoms with E-state index in [0.29, 0.717) is 0 Å². The minimum absolute atomic E-state index is 0. The van der Waals surface area contributed by atoms with Crippen molar-refractivity contribution in [2.75, 3.05) is 0 Å². The molecular formula is SeTeZn2. The molecule has 0 rings (SSSR count). The third kappa shape index (κ3) is 8.82. The molecule has 0 aromatic heterocycles. The molecule has 0 spiro atoms. The first-order chi connectivity index (χ1) is 0. The maximum atomic E-state index is 0. The SMILES string of the molecule is [Se].[Te].[Zn].[Zn]. The first-order valence-electron chi connectivity index (χ1n) is 0. The van der Waals surface area contributed by atoms with Crippen LogP contribution < -0.4 is 0 Å². The summed E-state index contributed by atoms with van der Waals surface area (Å²) in [4.78, 5) is 0. The summed E-state index contributed by atoms with van der Waals surface area (Å²) in [5, 5.41) is 0. The maximum Gasteiger partial charge on any atom is 0 e. The molecule has 0 amide bonds. The molecule has 0 saturated carbocycles. The van der Waals surface area contributed by atoms with Crippen LogP contribution in [0.2, 0.25) is 0 Å². The number of hydrogen-bond donors (Lipinski definition) is 0. The fourth-order valence-corrected chi connectivity index (χ4v) is 0. The fourth-order valence-electron chi connectivity index (χ4n) is 0. The van der Waals surface area contributed by atoms with Gasteiger partial charge in [-0.1, -0.05) is 0 Å². The van der Waals surface area contributed by atoms with Crippen molar-refractivity contribution < 1.29 is 39.0 Å². The van der Waals surface area contributed by atoms with Crippen LogP contribution >= 0.6 is 0 Å². The Labute approximate surface area is 78.6 Å². The Balaban J connectivity index is 0. The van der Waals surface area contributed by atoms with Crippen LogP contribution in [0.5, 0.6) is 0 Å². The fraction of sp³-hybridized carbons (Fsp3) is 0. The summed E-state index contributed by atoms with van der Waals surface area (Å²) >= 11 is 0. The van der Waals surface area contributed by atoms with Gasteiger partial charge in [0.2, 0.25) is 0 Å². The second-order valence-electron chi connectivity index (χ2n) is 0. The predicted octanol–water partition coefficient (Wildman–Crippen LogP) is -0.767. The van der Waals surface area contributed by atoms with Crippen LogP contribution in [0.3, 0.4) is 0 Å². The van der Waals surface area contributed by atoms with Crippen molar-refractivity contribution in [1.82, 2.24) is 0 Å². The van der Waals surface area contributed by atoms with Gasteiger partial charge in [0.25, 0.3) is 0 Å². The Bertz CT molecular complexity index is 6.00. The molecule has 4 heteroatoms. The molecule has 0 aromatic carbocycles. The van der Waals surface area contributed by atoms with Crippen molar-refractivity contribution in [2.45, 2.75) is 0 Å². The second kappa shape index (κ2) is 17.7. The molecule has 0 unspecified atom stereocenters. The molecule has 0 aliphatic rings. The minimum atomic E-state index is 0. The van der Waals surface area contributed by atoms with Crippen LogP contribution in [-0.2, 0) is 39.0 Å². The summed E-state index contributed by atoms with van der Waals surface area (Å²) in [6.07, 6.45) is 0. The van der Waals surface area contributed by atoms with Gasteiger partial charge in [0.15, 0.2) is 0 Å². The Morgan fingerprint density at radius 2 is 0.750 bits per heavy atom. The van der Waals surface area contributed by atoms with E-state index in [2.05, 4.69) is 0 Å². The third-order valence-electron chi connectivity index (χ3n) is 0. The standard InChI is InChI=1S/Se.Te.2Zn. The maximum absolute atomic E-state index is 0. The van der Waals surface area contributed by atoms with Gasteiger partial charge in [-0.05, 0) is 0 Å². The monoisotopic (exact) mass is 338 g/mol. The zero-order valence-electron chi connectivity index (χ0n) is 2.23. The molecule has 0 atom stereocenters. The normalized spacial score (nSPS) is 0. The molecule has 0 fully saturated rings. The van der Waals surface area contributed by atoms with E-state index in [1.807, 2.05) is 0 Å². The Morgan fingerprint density at radius 1 is 0.750 bits per heavy atom. The Morgan fingerprint density at radius 3 is 0.750 bits per heavy atom. The van der Waals surface area contributed by atoms with Crippen LogP contribution in [0, 0.1) is 0 Å². The van der Waals surface area contributed by atoms with E-state index in [4.69, 9.17) is 0 Å². The molecule has 0 aromatic rings. The molecule has 0 heterocycles. The van der Waals surface area contributed by atoms with E-state index < -0.39 is 0 Å². The molecule has 0 aliphatic heterocycles. The van der Waals surface area contributed by atoms with Crippen LogP contribution in [0.15, 0.2) is 0 Å². The Hall–Kier alpha value is 2.56. The van der Waals surface area contributed by atoms with Crippen molar-refractivity contribution in [1.29, 1.82) is 0 Å². The summed E-state index contributed by atoms with van der Waals surface area (Å²) in [6, 6.07) is 0. The smallest absolute Gasteiger partial charge is 0 e. The van der Waals surface area contributed by atoms with E-state index >= 15 is 0 Å². The average Bonchev–Trinajstić information content (AvgIpc) is 0. The van der Waals surface area contributed by atoms with Crippen molar-refractivity contribution in [2.24, 2.45) is 0 Å². The summed E-state index contributed by atoms with van der Waals surface area (Å²) in [6.45, 7) is 0. The minimum Gasteiger partial charge on any atom is 0 e. The number of hydrogen-bond acceptors (Lipinski definition) is 0. The van der Waals surface area contributed by atoms with Gasteiger partial charge in [-0.15, -0.1) is 0 Å². The molecule has 0 aliphatic carbocycles. The van der Waals surface area contributed by atoms with Crippen molar-refractivity contribution >= 4 is 40.7 Å². The van der Waals surface area contributed by atoms with Gasteiger partial charge in [0, 0.05) is 79.7 Å². The largest absolute Gasteiger partial charge is 0 e. The molecular weight excluding hydrogens is 337 g/mol.